The first kappa shape index (κ1) is 4.85. The average molecular weight is 127 g/mol. The summed E-state index contributed by atoms with van der Waals surface area (Å²) in [6, 6.07) is 0.0880. The summed E-state index contributed by atoms with van der Waals surface area (Å²) in [6.07, 6.45) is 0. The van der Waals surface area contributed by atoms with Crippen LogP contribution in [-0.4, -0.2) is 9.36 Å². The van der Waals surface area contributed by atoms with Crippen LogP contribution in [0.4, 0.5) is 0 Å². The van der Waals surface area contributed by atoms with Crippen LogP contribution >= 0.6 is 0 Å². The standard InChI is InChI=1S/C6H10N2O/c1-5-4-6(9)8(3)7(5)2/h4H,1-3H3/i4D. The fourth-order valence-electron chi connectivity index (χ4n) is 0.678. The molecule has 0 amide bonds. The molecule has 0 radical (unpaired) electrons. The number of hydrogen-bond donors (Lipinski definition) is 0. The summed E-state index contributed by atoms with van der Waals surface area (Å²) >= 11 is 0. The number of aromatic nitrogens is 2. The van der Waals surface area contributed by atoms with E-state index in [1.165, 1.54) is 4.68 Å². The molecule has 0 spiro atoms. The summed E-state index contributed by atoms with van der Waals surface area (Å²) in [4.78, 5) is 11.0. The molecule has 1 aromatic rings. The van der Waals surface area contributed by atoms with Gasteiger partial charge in [-0.1, -0.05) is 0 Å². The Bertz CT molecular complexity index is 282. The molecule has 0 aliphatic rings. The first-order chi connectivity index (χ1) is 4.55. The van der Waals surface area contributed by atoms with E-state index < -0.39 is 0 Å². The van der Waals surface area contributed by atoms with Crippen molar-refractivity contribution in [1.29, 1.82) is 0 Å². The highest BCUT2D eigenvalue weighted by atomic mass is 16.1. The van der Waals surface area contributed by atoms with Gasteiger partial charge in [0.1, 0.15) is 0 Å². The molecule has 9 heavy (non-hydrogen) atoms. The van der Waals surface area contributed by atoms with Gasteiger partial charge in [0.25, 0.3) is 5.56 Å². The van der Waals surface area contributed by atoms with Gasteiger partial charge in [-0.25, -0.2) is 0 Å². The molecule has 1 aromatic heterocycles. The highest BCUT2D eigenvalue weighted by Gasteiger charge is 1.96. The van der Waals surface area contributed by atoms with Crippen molar-refractivity contribution >= 4 is 0 Å². The zero-order valence-electron chi connectivity index (χ0n) is 6.80. The second-order valence-corrected chi connectivity index (χ2v) is 2.06. The van der Waals surface area contributed by atoms with E-state index in [2.05, 4.69) is 0 Å². The number of nitrogens with zero attached hydrogens (tertiary/aromatic N) is 2. The van der Waals surface area contributed by atoms with Crippen molar-refractivity contribution in [3.63, 3.8) is 0 Å². The smallest absolute Gasteiger partial charge is 0.266 e. The normalized spacial score (nSPS) is 11.7. The molecule has 0 atom stereocenters. The summed E-state index contributed by atoms with van der Waals surface area (Å²) in [5.41, 5.74) is 0.465. The molecule has 0 fully saturated rings. The Hall–Kier alpha value is -0.990. The largest absolute Gasteiger partial charge is 0.290 e. The summed E-state index contributed by atoms with van der Waals surface area (Å²) in [6.45, 7) is 1.75. The Kier molecular flexibility index (Phi) is 0.946. The number of hydrogen-bond acceptors (Lipinski definition) is 1. The second kappa shape index (κ2) is 1.76. The molecule has 0 saturated carbocycles. The maximum atomic E-state index is 11.0. The molecule has 0 bridgehead atoms. The van der Waals surface area contributed by atoms with Gasteiger partial charge in [0.15, 0.2) is 0 Å². The summed E-state index contributed by atoms with van der Waals surface area (Å²) in [7, 11) is 3.40. The van der Waals surface area contributed by atoms with Crippen LogP contribution in [0.3, 0.4) is 0 Å². The van der Waals surface area contributed by atoms with E-state index in [-0.39, 0.29) is 11.6 Å². The molecule has 3 heteroatoms. The molecular formula is C6H10N2O. The lowest BCUT2D eigenvalue weighted by atomic mass is 10.5. The van der Waals surface area contributed by atoms with Gasteiger partial charge in [-0.15, -0.1) is 0 Å². The topological polar surface area (TPSA) is 26.9 Å². The van der Waals surface area contributed by atoms with Crippen molar-refractivity contribution in [3.8, 4) is 0 Å². The Labute approximate surface area is 54.9 Å². The molecule has 3 nitrogen and oxygen atoms in total. The first-order valence-corrected chi connectivity index (χ1v) is 2.75. The molecule has 0 aromatic carbocycles. The first-order valence-electron chi connectivity index (χ1n) is 3.25. The van der Waals surface area contributed by atoms with E-state index >= 15 is 0 Å². The Balaban J connectivity index is 3.60. The monoisotopic (exact) mass is 127 g/mol. The minimum Gasteiger partial charge on any atom is -0.290 e. The van der Waals surface area contributed by atoms with Gasteiger partial charge in [-0.3, -0.25) is 14.2 Å². The van der Waals surface area contributed by atoms with Gasteiger partial charge < -0.3 is 0 Å². The van der Waals surface area contributed by atoms with Crippen LogP contribution in [0.25, 0.3) is 0 Å². The van der Waals surface area contributed by atoms with Crippen LogP contribution < -0.4 is 5.56 Å². The average Bonchev–Trinajstić information content (AvgIpc) is 2.07. The highest BCUT2D eigenvalue weighted by molar-refractivity contribution is 4.97. The summed E-state index contributed by atoms with van der Waals surface area (Å²) in [5.74, 6) is 0. The highest BCUT2D eigenvalue weighted by Crippen LogP contribution is 1.87. The molecule has 0 aliphatic heterocycles. The van der Waals surface area contributed by atoms with Crippen molar-refractivity contribution < 1.29 is 1.37 Å². The molecule has 0 unspecified atom stereocenters. The molecule has 1 rings (SSSR count). The van der Waals surface area contributed by atoms with Crippen LogP contribution in [0.15, 0.2) is 10.8 Å². The molecule has 0 saturated heterocycles. The third-order valence-corrected chi connectivity index (χ3v) is 1.52. The molecule has 50 valence electrons. The van der Waals surface area contributed by atoms with Crippen molar-refractivity contribution in [2.45, 2.75) is 6.92 Å². The van der Waals surface area contributed by atoms with Crippen molar-refractivity contribution in [2.75, 3.05) is 0 Å². The fourth-order valence-corrected chi connectivity index (χ4v) is 0.678. The van der Waals surface area contributed by atoms with E-state index in [1.807, 2.05) is 0 Å². The van der Waals surface area contributed by atoms with E-state index in [0.717, 1.165) is 0 Å². The third-order valence-electron chi connectivity index (χ3n) is 1.52. The molecule has 0 aliphatic carbocycles. The fraction of sp³-hybridized carbons (Fsp3) is 0.500. The Morgan fingerprint density at radius 3 is 2.22 bits per heavy atom. The van der Waals surface area contributed by atoms with Gasteiger partial charge in [-0.2, -0.15) is 0 Å². The predicted octanol–water partition coefficient (Wildman–Crippen LogP) is 0.0322. The maximum Gasteiger partial charge on any atom is 0.266 e. The van der Waals surface area contributed by atoms with E-state index in [9.17, 15) is 4.79 Å². The van der Waals surface area contributed by atoms with Crippen LogP contribution in [0.5, 0.6) is 0 Å². The predicted molar refractivity (Wildman–Crippen MR) is 35.4 cm³/mol. The van der Waals surface area contributed by atoms with E-state index in [4.69, 9.17) is 1.37 Å². The lowest BCUT2D eigenvalue weighted by Gasteiger charge is -1.99. The van der Waals surface area contributed by atoms with E-state index in [1.54, 1.807) is 25.7 Å². The van der Waals surface area contributed by atoms with Crippen LogP contribution in [0.1, 0.15) is 7.06 Å². The van der Waals surface area contributed by atoms with Gasteiger partial charge in [0, 0.05) is 25.8 Å². The van der Waals surface area contributed by atoms with Crippen molar-refractivity contribution in [3.05, 3.63) is 22.1 Å². The lowest BCUT2D eigenvalue weighted by molar-refractivity contribution is 0.567. The Morgan fingerprint density at radius 1 is 1.56 bits per heavy atom. The second-order valence-electron chi connectivity index (χ2n) is 2.06. The third kappa shape index (κ3) is 0.781. The number of rotatable bonds is 0. The van der Waals surface area contributed by atoms with Gasteiger partial charge in [0.05, 0.1) is 1.37 Å². The van der Waals surface area contributed by atoms with Gasteiger partial charge in [-0.05, 0) is 6.92 Å². The molecular weight excluding hydrogens is 116 g/mol. The SMILES string of the molecule is [2H]c1c(C)n(C)n(C)c1=O. The summed E-state index contributed by atoms with van der Waals surface area (Å²) < 4.78 is 10.3. The molecule has 0 N–H and O–H groups in total. The maximum absolute atomic E-state index is 11.0. The van der Waals surface area contributed by atoms with Crippen LogP contribution in [-0.2, 0) is 14.1 Å². The summed E-state index contributed by atoms with van der Waals surface area (Å²) in [5, 5.41) is 0. The van der Waals surface area contributed by atoms with Crippen molar-refractivity contribution in [1.82, 2.24) is 9.36 Å². The Morgan fingerprint density at radius 2 is 2.11 bits per heavy atom. The van der Waals surface area contributed by atoms with E-state index in [0.29, 0.717) is 5.69 Å². The van der Waals surface area contributed by atoms with Crippen molar-refractivity contribution in [2.24, 2.45) is 14.1 Å². The van der Waals surface area contributed by atoms with Crippen LogP contribution in [0, 0.1) is 6.92 Å². The molecule has 1 heterocycles. The zero-order valence-corrected chi connectivity index (χ0v) is 5.80. The quantitative estimate of drug-likeness (QED) is 0.483. The zero-order chi connectivity index (χ0) is 7.89. The van der Waals surface area contributed by atoms with Gasteiger partial charge in [0.2, 0.25) is 0 Å². The minimum absolute atomic E-state index is 0.0880. The van der Waals surface area contributed by atoms with Crippen LogP contribution in [0.2, 0.25) is 0 Å². The van der Waals surface area contributed by atoms with Gasteiger partial charge >= 0.3 is 0 Å². The lowest BCUT2D eigenvalue weighted by Crippen LogP contribution is -2.16. The minimum atomic E-state index is -0.236.